The first-order chi connectivity index (χ1) is 11.1. The molecule has 7 heteroatoms. The molecule has 1 heterocycles. The molecule has 0 fully saturated rings. The van der Waals surface area contributed by atoms with Gasteiger partial charge in [0.15, 0.2) is 17.6 Å². The minimum Gasteiger partial charge on any atom is -0.486 e. The lowest BCUT2D eigenvalue weighted by molar-refractivity contribution is 0.0922. The van der Waals surface area contributed by atoms with Crippen molar-refractivity contribution in [1.29, 1.82) is 0 Å². The molecule has 0 bridgehead atoms. The van der Waals surface area contributed by atoms with E-state index in [0.717, 1.165) is 0 Å². The molecule has 1 atom stereocenters. The Morgan fingerprint density at radius 2 is 1.91 bits per heavy atom. The van der Waals surface area contributed by atoms with E-state index in [4.69, 9.17) is 32.7 Å². The number of nitrogens with one attached hydrogen (secondary N) is 2. The van der Waals surface area contributed by atoms with E-state index >= 15 is 0 Å². The number of carbonyl (C=O) groups is 1. The van der Waals surface area contributed by atoms with Gasteiger partial charge >= 0.3 is 6.03 Å². The third-order valence-electron chi connectivity index (χ3n) is 3.24. The quantitative estimate of drug-likeness (QED) is 0.878. The average molecular weight is 353 g/mol. The zero-order valence-electron chi connectivity index (χ0n) is 12.0. The van der Waals surface area contributed by atoms with Crippen LogP contribution in [0.2, 0.25) is 10.0 Å². The van der Waals surface area contributed by atoms with Gasteiger partial charge in [-0.15, -0.1) is 0 Å². The molecule has 2 aromatic carbocycles. The van der Waals surface area contributed by atoms with E-state index in [1.165, 1.54) is 0 Å². The molecule has 1 aliphatic rings. The molecule has 0 saturated carbocycles. The fourth-order valence-electron chi connectivity index (χ4n) is 2.12. The van der Waals surface area contributed by atoms with Gasteiger partial charge in [0, 0.05) is 5.69 Å². The lowest BCUT2D eigenvalue weighted by Gasteiger charge is -2.26. The van der Waals surface area contributed by atoms with Crippen LogP contribution >= 0.6 is 23.2 Å². The minimum absolute atomic E-state index is 0.246. The van der Waals surface area contributed by atoms with E-state index < -0.39 is 0 Å². The Hall–Kier alpha value is -2.11. The van der Waals surface area contributed by atoms with E-state index in [1.54, 1.807) is 18.2 Å². The highest BCUT2D eigenvalue weighted by atomic mass is 35.5. The molecular formula is C16H14Cl2N2O3. The summed E-state index contributed by atoms with van der Waals surface area (Å²) in [4.78, 5) is 11.9. The van der Waals surface area contributed by atoms with Crippen molar-refractivity contribution in [3.8, 4) is 11.5 Å². The maximum atomic E-state index is 11.9. The fourth-order valence-corrected chi connectivity index (χ4v) is 2.42. The van der Waals surface area contributed by atoms with Gasteiger partial charge in [0.25, 0.3) is 0 Å². The number of halogens is 2. The Morgan fingerprint density at radius 3 is 2.70 bits per heavy atom. The summed E-state index contributed by atoms with van der Waals surface area (Å²) in [7, 11) is 0. The molecule has 0 aliphatic carbocycles. The SMILES string of the molecule is O=C(NC[C@@H]1COc2ccccc2O1)Nc1ccc(Cl)c(Cl)c1. The van der Waals surface area contributed by atoms with Gasteiger partial charge in [-0.3, -0.25) is 0 Å². The maximum Gasteiger partial charge on any atom is 0.319 e. The molecule has 0 saturated heterocycles. The second-order valence-corrected chi connectivity index (χ2v) is 5.78. The Morgan fingerprint density at radius 1 is 1.13 bits per heavy atom. The molecule has 0 spiro atoms. The number of benzene rings is 2. The average Bonchev–Trinajstić information content (AvgIpc) is 2.56. The second-order valence-electron chi connectivity index (χ2n) is 4.96. The molecule has 120 valence electrons. The molecule has 2 aromatic rings. The van der Waals surface area contributed by atoms with E-state index in [1.807, 2.05) is 24.3 Å². The number of amides is 2. The van der Waals surface area contributed by atoms with E-state index in [-0.39, 0.29) is 12.1 Å². The van der Waals surface area contributed by atoms with Crippen LogP contribution in [0.15, 0.2) is 42.5 Å². The number of anilines is 1. The fraction of sp³-hybridized carbons (Fsp3) is 0.188. The van der Waals surface area contributed by atoms with Gasteiger partial charge in [-0.25, -0.2) is 4.79 Å². The van der Waals surface area contributed by atoms with Gasteiger partial charge in [-0.05, 0) is 30.3 Å². The van der Waals surface area contributed by atoms with Crippen LogP contribution in [-0.2, 0) is 0 Å². The van der Waals surface area contributed by atoms with Crippen LogP contribution < -0.4 is 20.1 Å². The summed E-state index contributed by atoms with van der Waals surface area (Å²) >= 11 is 11.7. The molecule has 0 aromatic heterocycles. The third-order valence-corrected chi connectivity index (χ3v) is 3.97. The Labute approximate surface area is 143 Å². The van der Waals surface area contributed by atoms with Gasteiger partial charge in [0.05, 0.1) is 16.6 Å². The maximum absolute atomic E-state index is 11.9. The molecule has 0 radical (unpaired) electrons. The number of urea groups is 1. The first-order valence-electron chi connectivity index (χ1n) is 7.00. The highest BCUT2D eigenvalue weighted by molar-refractivity contribution is 6.42. The molecule has 3 rings (SSSR count). The van der Waals surface area contributed by atoms with E-state index in [2.05, 4.69) is 10.6 Å². The van der Waals surface area contributed by atoms with Gasteiger partial charge in [-0.2, -0.15) is 0 Å². The number of ether oxygens (including phenoxy) is 2. The first kappa shape index (κ1) is 15.8. The van der Waals surface area contributed by atoms with E-state index in [9.17, 15) is 4.79 Å². The summed E-state index contributed by atoms with van der Waals surface area (Å²) in [5.41, 5.74) is 0.558. The summed E-state index contributed by atoms with van der Waals surface area (Å²) in [5, 5.41) is 6.23. The Bertz CT molecular complexity index is 724. The standard InChI is InChI=1S/C16H14Cl2N2O3/c17-12-6-5-10(7-13(12)18)20-16(21)19-8-11-9-22-14-3-1-2-4-15(14)23-11/h1-7,11H,8-9H2,(H2,19,20,21)/t11-/m1/s1. The van der Waals surface area contributed by atoms with Crippen LogP contribution in [-0.4, -0.2) is 25.3 Å². The summed E-state index contributed by atoms with van der Waals surface area (Å²) in [5.74, 6) is 1.39. The van der Waals surface area contributed by atoms with Crippen LogP contribution in [0.1, 0.15) is 0 Å². The highest BCUT2D eigenvalue weighted by Crippen LogP contribution is 2.30. The highest BCUT2D eigenvalue weighted by Gasteiger charge is 2.21. The van der Waals surface area contributed by atoms with Crippen LogP contribution in [0.4, 0.5) is 10.5 Å². The molecule has 2 amide bonds. The predicted molar refractivity (Wildman–Crippen MR) is 89.8 cm³/mol. The predicted octanol–water partition coefficient (Wildman–Crippen LogP) is 3.95. The van der Waals surface area contributed by atoms with Crippen LogP contribution in [0.25, 0.3) is 0 Å². The number of hydrogen-bond donors (Lipinski definition) is 2. The van der Waals surface area contributed by atoms with Crippen molar-refractivity contribution in [3.05, 3.63) is 52.5 Å². The van der Waals surface area contributed by atoms with Gasteiger partial charge in [-0.1, -0.05) is 35.3 Å². The molecule has 0 unspecified atom stereocenters. The van der Waals surface area contributed by atoms with Gasteiger partial charge in [0.1, 0.15) is 6.61 Å². The Balaban J connectivity index is 1.51. The summed E-state index contributed by atoms with van der Waals surface area (Å²) in [6, 6.07) is 11.9. The zero-order valence-corrected chi connectivity index (χ0v) is 13.5. The first-order valence-corrected chi connectivity index (χ1v) is 7.76. The monoisotopic (exact) mass is 352 g/mol. The molecule has 1 aliphatic heterocycles. The zero-order chi connectivity index (χ0) is 16.2. The lowest BCUT2D eigenvalue weighted by atomic mass is 10.2. The summed E-state index contributed by atoms with van der Waals surface area (Å²) in [6.07, 6.45) is -0.246. The van der Waals surface area contributed by atoms with Crippen molar-refractivity contribution >= 4 is 34.9 Å². The second kappa shape index (κ2) is 6.98. The summed E-state index contributed by atoms with van der Waals surface area (Å²) < 4.78 is 11.3. The number of hydrogen-bond acceptors (Lipinski definition) is 3. The van der Waals surface area contributed by atoms with E-state index in [0.29, 0.717) is 40.4 Å². The number of rotatable bonds is 3. The van der Waals surface area contributed by atoms with Gasteiger partial charge in [0.2, 0.25) is 0 Å². The minimum atomic E-state index is -0.356. The number of para-hydroxylation sites is 2. The number of carbonyl (C=O) groups excluding carboxylic acids is 1. The topological polar surface area (TPSA) is 59.6 Å². The number of fused-ring (bicyclic) bond motifs is 1. The van der Waals surface area contributed by atoms with Crippen LogP contribution in [0, 0.1) is 0 Å². The Kier molecular flexibility index (Phi) is 4.79. The summed E-state index contributed by atoms with van der Waals surface area (Å²) in [6.45, 7) is 0.700. The molecular weight excluding hydrogens is 339 g/mol. The molecule has 2 N–H and O–H groups in total. The molecule has 23 heavy (non-hydrogen) atoms. The lowest BCUT2D eigenvalue weighted by Crippen LogP contribution is -2.42. The normalized spacial score (nSPS) is 15.8. The van der Waals surface area contributed by atoms with Crippen molar-refractivity contribution in [2.45, 2.75) is 6.10 Å². The van der Waals surface area contributed by atoms with Crippen molar-refractivity contribution in [1.82, 2.24) is 5.32 Å². The van der Waals surface area contributed by atoms with Crippen LogP contribution in [0.3, 0.4) is 0 Å². The van der Waals surface area contributed by atoms with Crippen LogP contribution in [0.5, 0.6) is 11.5 Å². The third kappa shape index (κ3) is 4.00. The largest absolute Gasteiger partial charge is 0.486 e. The smallest absolute Gasteiger partial charge is 0.319 e. The van der Waals surface area contributed by atoms with Crippen molar-refractivity contribution in [2.75, 3.05) is 18.5 Å². The molecule has 5 nitrogen and oxygen atoms in total. The van der Waals surface area contributed by atoms with Crippen molar-refractivity contribution in [2.24, 2.45) is 0 Å². The van der Waals surface area contributed by atoms with Crippen molar-refractivity contribution < 1.29 is 14.3 Å². The van der Waals surface area contributed by atoms with Gasteiger partial charge < -0.3 is 20.1 Å². The van der Waals surface area contributed by atoms with Crippen molar-refractivity contribution in [3.63, 3.8) is 0 Å².